The molecule has 3 rings (SSSR count). The van der Waals surface area contributed by atoms with E-state index in [0.717, 1.165) is 11.8 Å². The van der Waals surface area contributed by atoms with E-state index in [0.29, 0.717) is 6.04 Å². The van der Waals surface area contributed by atoms with Crippen LogP contribution in [0.3, 0.4) is 0 Å². The highest BCUT2D eigenvalue weighted by molar-refractivity contribution is 5.83. The van der Waals surface area contributed by atoms with Crippen LogP contribution in [0.15, 0.2) is 42.5 Å². The zero-order valence-electron chi connectivity index (χ0n) is 12.6. The molecule has 106 valence electrons. The van der Waals surface area contributed by atoms with Crippen LogP contribution in [-0.4, -0.2) is 7.05 Å². The summed E-state index contributed by atoms with van der Waals surface area (Å²) in [5.41, 5.74) is 1.45. The van der Waals surface area contributed by atoms with Crippen molar-refractivity contribution in [1.82, 2.24) is 5.32 Å². The van der Waals surface area contributed by atoms with Crippen molar-refractivity contribution >= 4 is 10.8 Å². The molecule has 1 N–H and O–H groups in total. The summed E-state index contributed by atoms with van der Waals surface area (Å²) in [6.07, 6.45) is 5.52. The Morgan fingerprint density at radius 3 is 2.60 bits per heavy atom. The van der Waals surface area contributed by atoms with Gasteiger partial charge in [-0.25, -0.2) is 0 Å². The van der Waals surface area contributed by atoms with E-state index in [1.165, 1.54) is 42.0 Å². The highest BCUT2D eigenvalue weighted by atomic mass is 14.9. The van der Waals surface area contributed by atoms with Crippen molar-refractivity contribution in [2.75, 3.05) is 7.05 Å². The van der Waals surface area contributed by atoms with Gasteiger partial charge in [-0.2, -0.15) is 0 Å². The van der Waals surface area contributed by atoms with Crippen LogP contribution in [0.25, 0.3) is 10.8 Å². The maximum Gasteiger partial charge on any atom is 0.0346 e. The molecule has 3 unspecified atom stereocenters. The van der Waals surface area contributed by atoms with Crippen molar-refractivity contribution in [2.45, 2.75) is 38.6 Å². The van der Waals surface area contributed by atoms with Crippen molar-refractivity contribution in [3.05, 3.63) is 48.0 Å². The third-order valence-corrected chi connectivity index (χ3v) is 4.89. The van der Waals surface area contributed by atoms with Crippen LogP contribution >= 0.6 is 0 Å². The number of rotatable bonds is 3. The largest absolute Gasteiger partial charge is 0.313 e. The summed E-state index contributed by atoms with van der Waals surface area (Å²) < 4.78 is 0. The van der Waals surface area contributed by atoms with Gasteiger partial charge in [-0.3, -0.25) is 0 Å². The minimum absolute atomic E-state index is 0.502. The highest BCUT2D eigenvalue weighted by Crippen LogP contribution is 2.37. The Morgan fingerprint density at radius 1 is 1.05 bits per heavy atom. The van der Waals surface area contributed by atoms with Crippen molar-refractivity contribution in [3.63, 3.8) is 0 Å². The second kappa shape index (κ2) is 5.97. The first-order valence-electron chi connectivity index (χ1n) is 7.94. The molecular weight excluding hydrogens is 242 g/mol. The molecule has 0 aromatic heterocycles. The molecule has 0 heterocycles. The van der Waals surface area contributed by atoms with Gasteiger partial charge in [-0.1, -0.05) is 56.2 Å². The SMILES string of the molecule is CNC(c1ccc2ccccc2c1)C1CCCC(C)C1. The summed E-state index contributed by atoms with van der Waals surface area (Å²) in [6, 6.07) is 16.1. The van der Waals surface area contributed by atoms with Crippen molar-refractivity contribution < 1.29 is 0 Å². The molecular formula is C19H25N. The Bertz CT molecular complexity index is 575. The Labute approximate surface area is 122 Å². The first-order valence-corrected chi connectivity index (χ1v) is 7.94. The summed E-state index contributed by atoms with van der Waals surface area (Å²) in [5.74, 6) is 1.66. The van der Waals surface area contributed by atoms with Crippen molar-refractivity contribution in [3.8, 4) is 0 Å². The van der Waals surface area contributed by atoms with Gasteiger partial charge in [0, 0.05) is 6.04 Å². The molecule has 1 fully saturated rings. The zero-order valence-corrected chi connectivity index (χ0v) is 12.6. The fourth-order valence-corrected chi connectivity index (χ4v) is 3.86. The summed E-state index contributed by atoms with van der Waals surface area (Å²) >= 11 is 0. The molecule has 2 aromatic rings. The Hall–Kier alpha value is -1.34. The monoisotopic (exact) mass is 267 g/mol. The standard InChI is InChI=1S/C19H25N/c1-14-6-5-9-17(12-14)19(20-2)18-11-10-15-7-3-4-8-16(15)13-18/h3-4,7-8,10-11,13-14,17,19-20H,5-6,9,12H2,1-2H3. The van der Waals surface area contributed by atoms with E-state index in [4.69, 9.17) is 0 Å². The second-order valence-electron chi connectivity index (χ2n) is 6.40. The lowest BCUT2D eigenvalue weighted by molar-refractivity contribution is 0.230. The Balaban J connectivity index is 1.90. The quantitative estimate of drug-likeness (QED) is 0.831. The molecule has 1 heteroatoms. The third kappa shape index (κ3) is 2.73. The van der Waals surface area contributed by atoms with Crippen LogP contribution in [0.4, 0.5) is 0 Å². The van der Waals surface area contributed by atoms with Crippen LogP contribution in [0, 0.1) is 11.8 Å². The zero-order chi connectivity index (χ0) is 13.9. The van der Waals surface area contributed by atoms with Gasteiger partial charge in [0.2, 0.25) is 0 Å². The lowest BCUT2D eigenvalue weighted by atomic mass is 9.76. The van der Waals surface area contributed by atoms with Gasteiger partial charge in [0.25, 0.3) is 0 Å². The van der Waals surface area contributed by atoms with Gasteiger partial charge in [0.1, 0.15) is 0 Å². The fraction of sp³-hybridized carbons (Fsp3) is 0.474. The molecule has 1 aliphatic carbocycles. The first-order chi connectivity index (χ1) is 9.78. The minimum atomic E-state index is 0.502. The van der Waals surface area contributed by atoms with Crippen LogP contribution in [0.5, 0.6) is 0 Å². The number of benzene rings is 2. The lowest BCUT2D eigenvalue weighted by Crippen LogP contribution is -2.28. The molecule has 2 aromatic carbocycles. The topological polar surface area (TPSA) is 12.0 Å². The van der Waals surface area contributed by atoms with E-state index in [1.54, 1.807) is 0 Å². The van der Waals surface area contributed by atoms with E-state index in [2.05, 4.69) is 61.8 Å². The van der Waals surface area contributed by atoms with Gasteiger partial charge >= 0.3 is 0 Å². The predicted octanol–water partition coefficient (Wildman–Crippen LogP) is 4.93. The molecule has 0 spiro atoms. The van der Waals surface area contributed by atoms with Crippen LogP contribution < -0.4 is 5.32 Å². The molecule has 1 nitrogen and oxygen atoms in total. The molecule has 1 aliphatic rings. The summed E-state index contributed by atoms with van der Waals surface area (Å²) in [6.45, 7) is 2.40. The van der Waals surface area contributed by atoms with Crippen molar-refractivity contribution in [1.29, 1.82) is 0 Å². The first kappa shape index (κ1) is 13.6. The fourth-order valence-electron chi connectivity index (χ4n) is 3.86. The summed E-state index contributed by atoms with van der Waals surface area (Å²) in [7, 11) is 2.11. The van der Waals surface area contributed by atoms with Gasteiger partial charge in [0.15, 0.2) is 0 Å². The predicted molar refractivity (Wildman–Crippen MR) is 86.9 cm³/mol. The van der Waals surface area contributed by atoms with Crippen LogP contribution in [0.2, 0.25) is 0 Å². The number of fused-ring (bicyclic) bond motifs is 1. The molecule has 0 saturated heterocycles. The van der Waals surface area contributed by atoms with Gasteiger partial charge in [-0.05, 0) is 54.1 Å². The lowest BCUT2D eigenvalue weighted by Gasteiger charge is -2.33. The molecule has 0 bridgehead atoms. The minimum Gasteiger partial charge on any atom is -0.313 e. The maximum absolute atomic E-state index is 3.57. The molecule has 0 radical (unpaired) electrons. The molecule has 0 amide bonds. The van der Waals surface area contributed by atoms with E-state index < -0.39 is 0 Å². The van der Waals surface area contributed by atoms with Gasteiger partial charge in [-0.15, -0.1) is 0 Å². The highest BCUT2D eigenvalue weighted by Gasteiger charge is 2.26. The van der Waals surface area contributed by atoms with Crippen molar-refractivity contribution in [2.24, 2.45) is 11.8 Å². The number of hydrogen-bond donors (Lipinski definition) is 1. The van der Waals surface area contributed by atoms with Gasteiger partial charge in [0.05, 0.1) is 0 Å². The Morgan fingerprint density at radius 2 is 1.85 bits per heavy atom. The molecule has 3 atom stereocenters. The average molecular weight is 267 g/mol. The molecule has 20 heavy (non-hydrogen) atoms. The summed E-state index contributed by atoms with van der Waals surface area (Å²) in [4.78, 5) is 0. The molecule has 1 saturated carbocycles. The van der Waals surface area contributed by atoms with E-state index in [9.17, 15) is 0 Å². The smallest absolute Gasteiger partial charge is 0.0346 e. The van der Waals surface area contributed by atoms with Crippen LogP contribution in [-0.2, 0) is 0 Å². The average Bonchev–Trinajstić information content (AvgIpc) is 2.48. The Kier molecular flexibility index (Phi) is 4.07. The van der Waals surface area contributed by atoms with E-state index in [-0.39, 0.29) is 0 Å². The third-order valence-electron chi connectivity index (χ3n) is 4.89. The van der Waals surface area contributed by atoms with Gasteiger partial charge < -0.3 is 5.32 Å². The molecule has 0 aliphatic heterocycles. The summed E-state index contributed by atoms with van der Waals surface area (Å²) in [5, 5.41) is 6.27. The second-order valence-corrected chi connectivity index (χ2v) is 6.40. The van der Waals surface area contributed by atoms with E-state index in [1.807, 2.05) is 0 Å². The number of hydrogen-bond acceptors (Lipinski definition) is 1. The van der Waals surface area contributed by atoms with Crippen LogP contribution in [0.1, 0.15) is 44.2 Å². The number of nitrogens with one attached hydrogen (secondary N) is 1. The maximum atomic E-state index is 3.57. The normalized spacial score (nSPS) is 24.7. The van der Waals surface area contributed by atoms with E-state index >= 15 is 0 Å².